The summed E-state index contributed by atoms with van der Waals surface area (Å²) in [6, 6.07) is 9.28. The predicted molar refractivity (Wildman–Crippen MR) is 74.4 cm³/mol. The predicted octanol–water partition coefficient (Wildman–Crippen LogP) is 2.95. The SMILES string of the molecule is C=CC(C)NCc1ccc(N2CCCC2)cc1. The second kappa shape index (κ2) is 5.87. The fourth-order valence-corrected chi connectivity index (χ4v) is 2.16. The van der Waals surface area contributed by atoms with E-state index in [0.29, 0.717) is 6.04 Å². The Kier molecular flexibility index (Phi) is 4.21. The van der Waals surface area contributed by atoms with E-state index in [1.807, 2.05) is 6.08 Å². The molecule has 2 rings (SSSR count). The highest BCUT2D eigenvalue weighted by Crippen LogP contribution is 2.20. The van der Waals surface area contributed by atoms with Gasteiger partial charge in [0.1, 0.15) is 0 Å². The highest BCUT2D eigenvalue weighted by molar-refractivity contribution is 5.48. The van der Waals surface area contributed by atoms with Crippen LogP contribution >= 0.6 is 0 Å². The standard InChI is InChI=1S/C15H22N2/c1-3-13(2)16-12-14-6-8-15(9-7-14)17-10-4-5-11-17/h3,6-9,13,16H,1,4-5,10-12H2,2H3. The van der Waals surface area contributed by atoms with Gasteiger partial charge in [-0.05, 0) is 37.5 Å². The smallest absolute Gasteiger partial charge is 0.0366 e. The Morgan fingerprint density at radius 2 is 1.94 bits per heavy atom. The molecule has 1 N–H and O–H groups in total. The van der Waals surface area contributed by atoms with Gasteiger partial charge in [0.05, 0.1) is 0 Å². The van der Waals surface area contributed by atoms with E-state index < -0.39 is 0 Å². The fourth-order valence-electron chi connectivity index (χ4n) is 2.16. The van der Waals surface area contributed by atoms with E-state index in [9.17, 15) is 0 Å². The number of hydrogen-bond donors (Lipinski definition) is 1. The minimum absolute atomic E-state index is 0.369. The van der Waals surface area contributed by atoms with Gasteiger partial charge in [0.25, 0.3) is 0 Å². The summed E-state index contributed by atoms with van der Waals surface area (Å²) in [4.78, 5) is 2.46. The van der Waals surface area contributed by atoms with Crippen LogP contribution in [0.1, 0.15) is 25.3 Å². The maximum atomic E-state index is 3.77. The summed E-state index contributed by atoms with van der Waals surface area (Å²) < 4.78 is 0. The summed E-state index contributed by atoms with van der Waals surface area (Å²) in [5.41, 5.74) is 2.70. The van der Waals surface area contributed by atoms with Gasteiger partial charge in [-0.15, -0.1) is 6.58 Å². The largest absolute Gasteiger partial charge is 0.372 e. The Labute approximate surface area is 104 Å². The average molecular weight is 230 g/mol. The molecule has 1 aromatic carbocycles. The molecule has 1 atom stereocenters. The van der Waals surface area contributed by atoms with Crippen LogP contribution in [0.4, 0.5) is 5.69 Å². The quantitative estimate of drug-likeness (QED) is 0.782. The lowest BCUT2D eigenvalue weighted by Gasteiger charge is -2.18. The van der Waals surface area contributed by atoms with Crippen molar-refractivity contribution in [3.63, 3.8) is 0 Å². The first-order chi connectivity index (χ1) is 8.29. The monoisotopic (exact) mass is 230 g/mol. The molecule has 1 heterocycles. The molecule has 1 unspecified atom stereocenters. The van der Waals surface area contributed by atoms with Crippen molar-refractivity contribution in [2.75, 3.05) is 18.0 Å². The molecule has 17 heavy (non-hydrogen) atoms. The first-order valence-corrected chi connectivity index (χ1v) is 6.49. The summed E-state index contributed by atoms with van der Waals surface area (Å²) in [6.07, 6.45) is 4.60. The molecule has 0 radical (unpaired) electrons. The third-order valence-electron chi connectivity index (χ3n) is 3.39. The van der Waals surface area contributed by atoms with Crippen LogP contribution in [-0.2, 0) is 6.54 Å². The average Bonchev–Trinajstić information content (AvgIpc) is 2.90. The van der Waals surface area contributed by atoms with Crippen LogP contribution in [0.3, 0.4) is 0 Å². The molecule has 0 spiro atoms. The van der Waals surface area contributed by atoms with Gasteiger partial charge in [0, 0.05) is 31.4 Å². The highest BCUT2D eigenvalue weighted by Gasteiger charge is 2.11. The van der Waals surface area contributed by atoms with E-state index in [4.69, 9.17) is 0 Å². The van der Waals surface area contributed by atoms with Crippen LogP contribution in [0.5, 0.6) is 0 Å². The van der Waals surface area contributed by atoms with E-state index in [-0.39, 0.29) is 0 Å². The third-order valence-corrected chi connectivity index (χ3v) is 3.39. The molecule has 92 valence electrons. The van der Waals surface area contributed by atoms with Gasteiger partial charge in [0.2, 0.25) is 0 Å². The lowest BCUT2D eigenvalue weighted by molar-refractivity contribution is 0.634. The van der Waals surface area contributed by atoms with Gasteiger partial charge in [-0.3, -0.25) is 0 Å². The van der Waals surface area contributed by atoms with Gasteiger partial charge in [0.15, 0.2) is 0 Å². The molecule has 1 fully saturated rings. The summed E-state index contributed by atoms with van der Waals surface area (Å²) in [7, 11) is 0. The van der Waals surface area contributed by atoms with Crippen molar-refractivity contribution in [1.82, 2.24) is 5.32 Å². The van der Waals surface area contributed by atoms with E-state index in [1.165, 1.54) is 37.2 Å². The molecular formula is C15H22N2. The molecule has 1 saturated heterocycles. The first kappa shape index (κ1) is 12.2. The van der Waals surface area contributed by atoms with Crippen molar-refractivity contribution in [3.8, 4) is 0 Å². The zero-order valence-electron chi connectivity index (χ0n) is 10.7. The number of hydrogen-bond acceptors (Lipinski definition) is 2. The minimum atomic E-state index is 0.369. The molecule has 0 aliphatic carbocycles. The topological polar surface area (TPSA) is 15.3 Å². The maximum Gasteiger partial charge on any atom is 0.0366 e. The fraction of sp³-hybridized carbons (Fsp3) is 0.467. The lowest BCUT2D eigenvalue weighted by Crippen LogP contribution is -2.23. The molecule has 1 aromatic rings. The van der Waals surface area contributed by atoms with Gasteiger partial charge < -0.3 is 10.2 Å². The Hall–Kier alpha value is -1.28. The molecule has 0 bridgehead atoms. The second-order valence-corrected chi connectivity index (χ2v) is 4.77. The van der Waals surface area contributed by atoms with Gasteiger partial charge in [-0.2, -0.15) is 0 Å². The molecular weight excluding hydrogens is 208 g/mol. The van der Waals surface area contributed by atoms with Crippen molar-refractivity contribution >= 4 is 5.69 Å². The first-order valence-electron chi connectivity index (χ1n) is 6.49. The molecule has 0 aromatic heterocycles. The van der Waals surface area contributed by atoms with Crippen LogP contribution in [0.25, 0.3) is 0 Å². The summed E-state index contributed by atoms with van der Waals surface area (Å²) in [5.74, 6) is 0. The molecule has 2 nitrogen and oxygen atoms in total. The van der Waals surface area contributed by atoms with E-state index >= 15 is 0 Å². The Morgan fingerprint density at radius 1 is 1.29 bits per heavy atom. The molecule has 0 amide bonds. The third kappa shape index (κ3) is 3.34. The van der Waals surface area contributed by atoms with Crippen molar-refractivity contribution in [2.45, 2.75) is 32.4 Å². The van der Waals surface area contributed by atoms with Crippen LogP contribution < -0.4 is 10.2 Å². The Bertz CT molecular complexity index is 350. The summed E-state index contributed by atoms with van der Waals surface area (Å²) in [6.45, 7) is 9.22. The number of nitrogens with zero attached hydrogens (tertiary/aromatic N) is 1. The van der Waals surface area contributed by atoms with Gasteiger partial charge in [-0.25, -0.2) is 0 Å². The number of rotatable bonds is 5. The Balaban J connectivity index is 1.90. The van der Waals surface area contributed by atoms with Crippen molar-refractivity contribution in [2.24, 2.45) is 0 Å². The highest BCUT2D eigenvalue weighted by atomic mass is 15.1. The van der Waals surface area contributed by atoms with E-state index in [2.05, 4.69) is 48.0 Å². The molecule has 2 heteroatoms. The summed E-state index contributed by atoms with van der Waals surface area (Å²) in [5, 5.41) is 3.41. The van der Waals surface area contributed by atoms with Crippen molar-refractivity contribution in [3.05, 3.63) is 42.5 Å². The van der Waals surface area contributed by atoms with Crippen LogP contribution in [-0.4, -0.2) is 19.1 Å². The van der Waals surface area contributed by atoms with Crippen molar-refractivity contribution < 1.29 is 0 Å². The molecule has 1 aliphatic rings. The van der Waals surface area contributed by atoms with Gasteiger partial charge in [-0.1, -0.05) is 18.2 Å². The van der Waals surface area contributed by atoms with E-state index in [0.717, 1.165) is 6.54 Å². The number of nitrogens with one attached hydrogen (secondary N) is 1. The zero-order valence-corrected chi connectivity index (χ0v) is 10.7. The number of anilines is 1. The van der Waals surface area contributed by atoms with Crippen molar-refractivity contribution in [1.29, 1.82) is 0 Å². The molecule has 1 aliphatic heterocycles. The van der Waals surface area contributed by atoms with E-state index in [1.54, 1.807) is 0 Å². The Morgan fingerprint density at radius 3 is 2.53 bits per heavy atom. The van der Waals surface area contributed by atoms with Crippen LogP contribution in [0.15, 0.2) is 36.9 Å². The zero-order chi connectivity index (χ0) is 12.1. The lowest BCUT2D eigenvalue weighted by atomic mass is 10.2. The number of benzene rings is 1. The maximum absolute atomic E-state index is 3.77. The second-order valence-electron chi connectivity index (χ2n) is 4.77. The normalized spacial score (nSPS) is 17.1. The summed E-state index contributed by atoms with van der Waals surface area (Å²) >= 11 is 0. The minimum Gasteiger partial charge on any atom is -0.372 e. The molecule has 0 saturated carbocycles. The van der Waals surface area contributed by atoms with Crippen LogP contribution in [0, 0.1) is 0 Å². The van der Waals surface area contributed by atoms with Gasteiger partial charge >= 0.3 is 0 Å². The van der Waals surface area contributed by atoms with Crippen LogP contribution in [0.2, 0.25) is 0 Å².